The van der Waals surface area contributed by atoms with Crippen molar-refractivity contribution in [2.24, 2.45) is 7.05 Å². The number of fused-ring (bicyclic) bond motifs is 1. The smallest absolute Gasteiger partial charge is 0.313 e. The van der Waals surface area contributed by atoms with Crippen molar-refractivity contribution in [1.29, 1.82) is 5.26 Å². The molecule has 28 heavy (non-hydrogen) atoms. The molecule has 0 unspecified atom stereocenters. The van der Waals surface area contributed by atoms with Crippen LogP contribution in [0.1, 0.15) is 41.6 Å². The normalized spacial score (nSPS) is 12.9. The summed E-state index contributed by atoms with van der Waals surface area (Å²) in [6.07, 6.45) is 4.13. The predicted molar refractivity (Wildman–Crippen MR) is 106 cm³/mol. The zero-order valence-electron chi connectivity index (χ0n) is 15.8. The molecule has 10 heteroatoms. The summed E-state index contributed by atoms with van der Waals surface area (Å²) in [4.78, 5) is 25.2. The molecule has 0 aliphatic heterocycles. The number of thiophene rings is 1. The van der Waals surface area contributed by atoms with Crippen molar-refractivity contribution in [2.75, 3.05) is 17.7 Å². The molecule has 2 heterocycles. The number of nitrogens with zero attached hydrogens (tertiary/aromatic N) is 4. The monoisotopic (exact) mass is 419 g/mol. The molecule has 148 valence electrons. The molecule has 0 aromatic carbocycles. The summed E-state index contributed by atoms with van der Waals surface area (Å²) in [6, 6.07) is 2.24. The number of carbonyl (C=O) groups excluding carboxylic acids is 2. The van der Waals surface area contributed by atoms with Crippen molar-refractivity contribution in [3.63, 3.8) is 0 Å². The number of anilines is 1. The number of ether oxygens (including phenoxy) is 1. The summed E-state index contributed by atoms with van der Waals surface area (Å²) in [6.45, 7) is 2.06. The van der Waals surface area contributed by atoms with Crippen LogP contribution >= 0.6 is 23.1 Å². The van der Waals surface area contributed by atoms with E-state index in [9.17, 15) is 14.9 Å². The first-order valence-electron chi connectivity index (χ1n) is 9.04. The van der Waals surface area contributed by atoms with E-state index < -0.39 is 0 Å². The molecule has 1 N–H and O–H groups in total. The van der Waals surface area contributed by atoms with Crippen LogP contribution in [0.15, 0.2) is 5.16 Å². The predicted octanol–water partition coefficient (Wildman–Crippen LogP) is 2.46. The third-order valence-electron chi connectivity index (χ3n) is 4.40. The molecule has 0 spiro atoms. The van der Waals surface area contributed by atoms with Crippen LogP contribution in [0.3, 0.4) is 0 Å². The molecule has 0 atom stereocenters. The van der Waals surface area contributed by atoms with Gasteiger partial charge in [-0.25, -0.2) is 0 Å². The van der Waals surface area contributed by atoms with Gasteiger partial charge in [-0.15, -0.1) is 21.5 Å². The van der Waals surface area contributed by atoms with Gasteiger partial charge in [0.15, 0.2) is 5.16 Å². The zero-order valence-corrected chi connectivity index (χ0v) is 17.4. The molecule has 8 nitrogen and oxygen atoms in total. The fraction of sp³-hybridized carbons (Fsp3) is 0.500. The molecule has 0 radical (unpaired) electrons. The Bertz CT molecular complexity index is 929. The fourth-order valence-corrected chi connectivity index (χ4v) is 5.02. The lowest BCUT2D eigenvalue weighted by Gasteiger charge is -2.09. The Morgan fingerprint density at radius 3 is 2.89 bits per heavy atom. The molecule has 0 saturated heterocycles. The highest BCUT2D eigenvalue weighted by molar-refractivity contribution is 7.99. The molecule has 0 fully saturated rings. The molecule has 1 aliphatic carbocycles. The third kappa shape index (κ3) is 4.54. The highest BCUT2D eigenvalue weighted by atomic mass is 32.2. The van der Waals surface area contributed by atoms with E-state index in [1.807, 2.05) is 0 Å². The Balaban J connectivity index is 1.60. The Morgan fingerprint density at radius 2 is 2.14 bits per heavy atom. The third-order valence-corrected chi connectivity index (χ3v) is 6.63. The second kappa shape index (κ2) is 9.21. The summed E-state index contributed by atoms with van der Waals surface area (Å²) in [5.41, 5.74) is 1.70. The van der Waals surface area contributed by atoms with E-state index in [1.54, 1.807) is 18.5 Å². The lowest BCUT2D eigenvalue weighted by atomic mass is 9.96. The van der Waals surface area contributed by atoms with Crippen LogP contribution in [0.2, 0.25) is 0 Å². The number of amides is 1. The Kier molecular flexibility index (Phi) is 6.70. The van der Waals surface area contributed by atoms with Crippen molar-refractivity contribution in [3.8, 4) is 6.07 Å². The van der Waals surface area contributed by atoms with Crippen LogP contribution in [-0.4, -0.2) is 39.0 Å². The summed E-state index contributed by atoms with van der Waals surface area (Å²) < 4.78 is 6.59. The van der Waals surface area contributed by atoms with E-state index in [0.29, 0.717) is 28.2 Å². The van der Waals surface area contributed by atoms with Gasteiger partial charge in [-0.3, -0.25) is 9.59 Å². The number of rotatable bonds is 7. The van der Waals surface area contributed by atoms with Gasteiger partial charge in [0.05, 0.1) is 17.9 Å². The molecule has 2 aromatic rings. The second-order valence-corrected chi connectivity index (χ2v) is 8.35. The Morgan fingerprint density at radius 1 is 1.36 bits per heavy atom. The zero-order chi connectivity index (χ0) is 20.1. The first-order valence-corrected chi connectivity index (χ1v) is 10.8. The number of hydrogen-bond donors (Lipinski definition) is 1. The van der Waals surface area contributed by atoms with Gasteiger partial charge >= 0.3 is 5.97 Å². The molecule has 2 aromatic heterocycles. The van der Waals surface area contributed by atoms with Gasteiger partial charge in [-0.05, 0) is 38.2 Å². The van der Waals surface area contributed by atoms with Crippen LogP contribution in [0, 0.1) is 11.3 Å². The van der Waals surface area contributed by atoms with Gasteiger partial charge in [0.2, 0.25) is 5.91 Å². The number of esters is 1. The van der Waals surface area contributed by atoms with E-state index in [4.69, 9.17) is 4.74 Å². The molecule has 0 saturated carbocycles. The van der Waals surface area contributed by atoms with Crippen LogP contribution < -0.4 is 5.32 Å². The van der Waals surface area contributed by atoms with Crippen LogP contribution in [0.4, 0.5) is 5.00 Å². The first-order chi connectivity index (χ1) is 13.5. The van der Waals surface area contributed by atoms with Crippen LogP contribution in [-0.2, 0) is 40.6 Å². The molecule has 1 amide bonds. The number of nitriles is 1. The maximum Gasteiger partial charge on any atom is 0.313 e. The van der Waals surface area contributed by atoms with Crippen LogP contribution in [0.25, 0.3) is 0 Å². The lowest BCUT2D eigenvalue weighted by molar-refractivity contribution is -0.142. The number of aromatic nitrogens is 3. The fourth-order valence-electron chi connectivity index (χ4n) is 3.03. The summed E-state index contributed by atoms with van der Waals surface area (Å²) >= 11 is 2.74. The van der Waals surface area contributed by atoms with Gasteiger partial charge in [-0.1, -0.05) is 11.8 Å². The molecular formula is C18H21N5O3S2. The molecule has 3 rings (SSSR count). The molecule has 0 bridgehead atoms. The van der Waals surface area contributed by atoms with Gasteiger partial charge < -0.3 is 14.6 Å². The molecule has 1 aliphatic rings. The number of nitrogens with one attached hydrogen (secondary N) is 1. The van der Waals surface area contributed by atoms with Gasteiger partial charge in [0.1, 0.15) is 23.3 Å². The van der Waals surface area contributed by atoms with E-state index in [-0.39, 0.29) is 24.1 Å². The maximum absolute atomic E-state index is 12.4. The summed E-state index contributed by atoms with van der Waals surface area (Å²) in [5, 5.41) is 21.5. The second-order valence-electron chi connectivity index (χ2n) is 6.30. The Hall–Kier alpha value is -2.38. The van der Waals surface area contributed by atoms with Crippen LogP contribution in [0.5, 0.6) is 0 Å². The number of hydrogen-bond acceptors (Lipinski definition) is 8. The minimum absolute atomic E-state index is 0.0381. The topological polar surface area (TPSA) is 110 Å². The average Bonchev–Trinajstić information content (AvgIpc) is 3.20. The first kappa shape index (κ1) is 20.4. The van der Waals surface area contributed by atoms with Crippen molar-refractivity contribution < 1.29 is 14.3 Å². The lowest BCUT2D eigenvalue weighted by Crippen LogP contribution is -2.15. The highest BCUT2D eigenvalue weighted by Gasteiger charge is 2.22. The number of aryl methyl sites for hydroxylation is 1. The maximum atomic E-state index is 12.4. The minimum Gasteiger partial charge on any atom is -0.466 e. The number of carbonyl (C=O) groups is 2. The van der Waals surface area contributed by atoms with Gasteiger partial charge in [-0.2, -0.15) is 5.26 Å². The standard InChI is InChI=1S/C18H21N5O3S2/c1-3-26-16(25)8-14-21-22-18(23(14)2)27-10-15(24)20-17-12(9-19)11-6-4-5-7-13(11)28-17/h3-8,10H2,1-2H3,(H,20,24). The minimum atomic E-state index is -0.363. The van der Waals surface area contributed by atoms with Crippen molar-refractivity contribution in [2.45, 2.75) is 44.2 Å². The van der Waals surface area contributed by atoms with Crippen molar-refractivity contribution >= 4 is 40.0 Å². The van der Waals surface area contributed by atoms with E-state index >= 15 is 0 Å². The summed E-state index contributed by atoms with van der Waals surface area (Å²) in [7, 11) is 1.75. The average molecular weight is 420 g/mol. The van der Waals surface area contributed by atoms with Crippen molar-refractivity contribution in [1.82, 2.24) is 14.8 Å². The van der Waals surface area contributed by atoms with Gasteiger partial charge in [0.25, 0.3) is 0 Å². The Labute approximate surface area is 171 Å². The summed E-state index contributed by atoms with van der Waals surface area (Å²) in [5.74, 6) is 0.0609. The molecular weight excluding hydrogens is 398 g/mol. The van der Waals surface area contributed by atoms with E-state index in [1.165, 1.54) is 28.0 Å². The highest BCUT2D eigenvalue weighted by Crippen LogP contribution is 2.37. The largest absolute Gasteiger partial charge is 0.466 e. The SMILES string of the molecule is CCOC(=O)Cc1nnc(SCC(=O)Nc2sc3c(c2C#N)CCCC3)n1C. The van der Waals surface area contributed by atoms with Crippen molar-refractivity contribution in [3.05, 3.63) is 21.8 Å². The number of thioether (sulfide) groups is 1. The van der Waals surface area contributed by atoms with E-state index in [2.05, 4.69) is 21.6 Å². The van der Waals surface area contributed by atoms with Gasteiger partial charge in [0, 0.05) is 11.9 Å². The quantitative estimate of drug-likeness (QED) is 0.542. The van der Waals surface area contributed by atoms with E-state index in [0.717, 1.165) is 31.2 Å².